The molecule has 0 N–H and O–H groups in total. The zero-order valence-electron chi connectivity index (χ0n) is 18.0. The average molecular weight is 411 g/mol. The van der Waals surface area contributed by atoms with Crippen molar-refractivity contribution in [2.24, 2.45) is 7.05 Å². The molecule has 0 radical (unpaired) electrons. The summed E-state index contributed by atoms with van der Waals surface area (Å²) in [6, 6.07) is 3.79. The second-order valence-electron chi connectivity index (χ2n) is 8.44. The monoisotopic (exact) mass is 410 g/mol. The minimum Gasteiger partial charge on any atom is -0.312 e. The number of amides is 3. The molecule has 0 bridgehead atoms. The Labute approximate surface area is 177 Å². The Bertz CT molecular complexity index is 917. The van der Waals surface area contributed by atoms with Gasteiger partial charge in [-0.25, -0.2) is 4.79 Å². The smallest absolute Gasteiger partial charge is 0.312 e. The molecule has 4 heterocycles. The molecule has 4 rings (SSSR count). The van der Waals surface area contributed by atoms with E-state index in [9.17, 15) is 9.59 Å². The van der Waals surface area contributed by atoms with Crippen LogP contribution in [-0.2, 0) is 24.8 Å². The summed E-state index contributed by atoms with van der Waals surface area (Å²) in [5.41, 5.74) is 2.87. The fourth-order valence-corrected chi connectivity index (χ4v) is 4.60. The van der Waals surface area contributed by atoms with Gasteiger partial charge in [-0.1, -0.05) is 0 Å². The molecule has 2 aliphatic heterocycles. The number of carbonyl (C=O) groups excluding carboxylic acids is 2. The normalized spacial score (nSPS) is 19.3. The van der Waals surface area contributed by atoms with Crippen molar-refractivity contribution in [2.45, 2.75) is 44.7 Å². The average Bonchev–Trinajstić information content (AvgIpc) is 3.16. The molecule has 1 spiro atoms. The van der Waals surface area contributed by atoms with E-state index in [2.05, 4.69) is 21.9 Å². The third-order valence-electron chi connectivity index (χ3n) is 6.81. The Hall–Kier alpha value is -2.74. The highest BCUT2D eigenvalue weighted by molar-refractivity contribution is 6.07. The molecule has 0 aliphatic carbocycles. The van der Waals surface area contributed by atoms with Crippen LogP contribution in [0.4, 0.5) is 4.79 Å². The number of piperidine rings is 1. The van der Waals surface area contributed by atoms with Gasteiger partial charge >= 0.3 is 6.03 Å². The van der Waals surface area contributed by atoms with Crippen molar-refractivity contribution in [3.63, 3.8) is 0 Å². The van der Waals surface area contributed by atoms with E-state index < -0.39 is 5.54 Å². The molecule has 2 aromatic rings. The number of aryl methyl sites for hydroxylation is 2. The van der Waals surface area contributed by atoms with Crippen molar-refractivity contribution in [1.82, 2.24) is 29.5 Å². The first-order valence-corrected chi connectivity index (χ1v) is 10.6. The lowest BCUT2D eigenvalue weighted by molar-refractivity contribution is -0.135. The van der Waals surface area contributed by atoms with Gasteiger partial charge in [0.2, 0.25) is 0 Å². The zero-order chi connectivity index (χ0) is 21.3. The molecule has 2 fully saturated rings. The van der Waals surface area contributed by atoms with Gasteiger partial charge in [-0.3, -0.25) is 24.3 Å². The molecule has 30 heavy (non-hydrogen) atoms. The third-order valence-corrected chi connectivity index (χ3v) is 6.81. The van der Waals surface area contributed by atoms with E-state index in [0.29, 0.717) is 19.4 Å². The number of likely N-dealkylation sites (N-methyl/N-ethyl adjacent to an activating group) is 1. The van der Waals surface area contributed by atoms with Crippen molar-refractivity contribution in [3.8, 4) is 0 Å². The molecule has 0 atom stereocenters. The summed E-state index contributed by atoms with van der Waals surface area (Å²) in [7, 11) is 3.73. The summed E-state index contributed by atoms with van der Waals surface area (Å²) in [6.07, 6.45) is 8.39. The number of aromatic nitrogens is 3. The maximum Gasteiger partial charge on any atom is 0.327 e. The zero-order valence-corrected chi connectivity index (χ0v) is 18.0. The number of hydrogen-bond donors (Lipinski definition) is 0. The summed E-state index contributed by atoms with van der Waals surface area (Å²) < 4.78 is 1.89. The molecule has 0 unspecified atom stereocenters. The van der Waals surface area contributed by atoms with Gasteiger partial charge in [-0.15, -0.1) is 0 Å². The minimum atomic E-state index is -0.686. The third kappa shape index (κ3) is 3.60. The molecule has 8 heteroatoms. The lowest BCUT2D eigenvalue weighted by Crippen LogP contribution is -2.55. The van der Waals surface area contributed by atoms with Crippen LogP contribution in [-0.4, -0.2) is 73.6 Å². The highest BCUT2D eigenvalue weighted by atomic mass is 16.2. The van der Waals surface area contributed by atoms with Gasteiger partial charge in [0.15, 0.2) is 0 Å². The van der Waals surface area contributed by atoms with Crippen molar-refractivity contribution in [1.29, 1.82) is 0 Å². The molecule has 0 aromatic carbocycles. The molecule has 2 saturated heterocycles. The Morgan fingerprint density at radius 2 is 1.80 bits per heavy atom. The predicted octanol–water partition coefficient (Wildman–Crippen LogP) is 1.98. The number of likely N-dealkylation sites (tertiary alicyclic amines) is 1. The lowest BCUT2D eigenvalue weighted by Gasteiger charge is -2.40. The largest absolute Gasteiger partial charge is 0.327 e. The van der Waals surface area contributed by atoms with E-state index in [-0.39, 0.29) is 11.9 Å². The lowest BCUT2D eigenvalue weighted by atomic mass is 9.86. The molecule has 0 saturated carbocycles. The van der Waals surface area contributed by atoms with Crippen LogP contribution in [0.2, 0.25) is 0 Å². The van der Waals surface area contributed by atoms with E-state index >= 15 is 0 Å². The van der Waals surface area contributed by atoms with E-state index in [0.717, 1.165) is 32.5 Å². The van der Waals surface area contributed by atoms with Crippen LogP contribution in [0.15, 0.2) is 30.7 Å². The Morgan fingerprint density at radius 1 is 1.10 bits per heavy atom. The Balaban J connectivity index is 1.36. The molecular formula is C22H30N6O2. The Morgan fingerprint density at radius 3 is 2.43 bits per heavy atom. The van der Waals surface area contributed by atoms with Crippen LogP contribution >= 0.6 is 0 Å². The number of carbonyl (C=O) groups is 2. The number of imide groups is 1. The second kappa shape index (κ2) is 8.18. The van der Waals surface area contributed by atoms with E-state index in [4.69, 9.17) is 0 Å². The van der Waals surface area contributed by atoms with Crippen LogP contribution in [0.1, 0.15) is 36.1 Å². The predicted molar refractivity (Wildman–Crippen MR) is 113 cm³/mol. The fourth-order valence-electron chi connectivity index (χ4n) is 4.60. The van der Waals surface area contributed by atoms with Crippen LogP contribution in [0.5, 0.6) is 0 Å². The molecular weight excluding hydrogens is 380 g/mol. The molecule has 160 valence electrons. The van der Waals surface area contributed by atoms with E-state index in [1.165, 1.54) is 21.7 Å². The first-order valence-electron chi connectivity index (χ1n) is 10.6. The quantitative estimate of drug-likeness (QED) is 0.681. The second-order valence-corrected chi connectivity index (χ2v) is 8.44. The molecule has 2 aliphatic rings. The first kappa shape index (κ1) is 20.5. The SMILES string of the molecule is Cc1c(CN2CCC3(CC2)C(=O)N(CCCc2ccncc2)C(=O)N3C)cnn1C. The van der Waals surface area contributed by atoms with Crippen LogP contribution in [0.3, 0.4) is 0 Å². The topological polar surface area (TPSA) is 74.6 Å². The first-order chi connectivity index (χ1) is 14.4. The maximum atomic E-state index is 13.3. The maximum absolute atomic E-state index is 13.3. The fraction of sp³-hybridized carbons (Fsp3) is 0.545. The highest BCUT2D eigenvalue weighted by Crippen LogP contribution is 2.36. The van der Waals surface area contributed by atoms with Gasteiger partial charge in [0.05, 0.1) is 6.20 Å². The number of hydrogen-bond acceptors (Lipinski definition) is 5. The standard InChI is InChI=1S/C22H30N6O2/c1-17-19(15-24-26(17)3)16-27-13-8-22(9-14-27)20(29)28(21(30)25(22)2)12-4-5-18-6-10-23-11-7-18/h6-7,10-11,15H,4-5,8-9,12-14,16H2,1-3H3. The van der Waals surface area contributed by atoms with Crippen LogP contribution in [0.25, 0.3) is 0 Å². The summed E-state index contributed by atoms with van der Waals surface area (Å²) >= 11 is 0. The van der Waals surface area contributed by atoms with Gasteiger partial charge in [-0.05, 0) is 50.3 Å². The van der Waals surface area contributed by atoms with Gasteiger partial charge in [0.25, 0.3) is 5.91 Å². The minimum absolute atomic E-state index is 0.0260. The molecule has 2 aromatic heterocycles. The van der Waals surface area contributed by atoms with Crippen LogP contribution < -0.4 is 0 Å². The Kier molecular flexibility index (Phi) is 5.60. The van der Waals surface area contributed by atoms with Crippen molar-refractivity contribution in [2.75, 3.05) is 26.7 Å². The van der Waals surface area contributed by atoms with Crippen LogP contribution in [0, 0.1) is 6.92 Å². The van der Waals surface area contributed by atoms with Crippen molar-refractivity contribution < 1.29 is 9.59 Å². The summed E-state index contributed by atoms with van der Waals surface area (Å²) in [5.74, 6) is -0.0260. The van der Waals surface area contributed by atoms with Gasteiger partial charge < -0.3 is 4.90 Å². The van der Waals surface area contributed by atoms with Crippen molar-refractivity contribution >= 4 is 11.9 Å². The van der Waals surface area contributed by atoms with Gasteiger partial charge in [0, 0.05) is 63.9 Å². The summed E-state index contributed by atoms with van der Waals surface area (Å²) in [4.78, 5) is 35.7. The van der Waals surface area contributed by atoms with Gasteiger partial charge in [0.1, 0.15) is 5.54 Å². The number of nitrogens with zero attached hydrogens (tertiary/aromatic N) is 6. The number of pyridine rings is 1. The van der Waals surface area contributed by atoms with E-state index in [1.807, 2.05) is 30.1 Å². The highest BCUT2D eigenvalue weighted by Gasteiger charge is 2.56. The van der Waals surface area contributed by atoms with Gasteiger partial charge in [-0.2, -0.15) is 5.10 Å². The number of rotatable bonds is 6. The van der Waals surface area contributed by atoms with Crippen molar-refractivity contribution in [3.05, 3.63) is 47.5 Å². The number of urea groups is 1. The van der Waals surface area contributed by atoms with E-state index in [1.54, 1.807) is 24.3 Å². The summed E-state index contributed by atoms with van der Waals surface area (Å²) in [5, 5.41) is 4.32. The molecule has 8 nitrogen and oxygen atoms in total. The summed E-state index contributed by atoms with van der Waals surface area (Å²) in [6.45, 7) is 4.96. The molecule has 3 amide bonds.